The zero-order valence-electron chi connectivity index (χ0n) is 11.8. The maximum atomic E-state index is 10.1. The SMILES string of the molecule is CCCNC1CCCc2c1cnn2C1CCCC1O. The molecule has 2 N–H and O–H groups in total. The Morgan fingerprint density at radius 1 is 1.37 bits per heavy atom. The molecular weight excluding hydrogens is 238 g/mol. The van der Waals surface area contributed by atoms with E-state index in [-0.39, 0.29) is 12.1 Å². The number of nitrogens with zero attached hydrogens (tertiary/aromatic N) is 2. The number of rotatable bonds is 4. The Bertz CT molecular complexity index is 429. The molecule has 0 radical (unpaired) electrons. The van der Waals surface area contributed by atoms with Gasteiger partial charge in [-0.25, -0.2) is 0 Å². The average Bonchev–Trinajstić information content (AvgIpc) is 3.02. The summed E-state index contributed by atoms with van der Waals surface area (Å²) in [6.07, 6.45) is 9.68. The van der Waals surface area contributed by atoms with E-state index in [2.05, 4.69) is 22.0 Å². The zero-order chi connectivity index (χ0) is 13.2. The summed E-state index contributed by atoms with van der Waals surface area (Å²) < 4.78 is 2.13. The van der Waals surface area contributed by atoms with Gasteiger partial charge in [-0.3, -0.25) is 4.68 Å². The van der Waals surface area contributed by atoms with Crippen molar-refractivity contribution in [1.82, 2.24) is 15.1 Å². The summed E-state index contributed by atoms with van der Waals surface area (Å²) in [6, 6.07) is 0.685. The van der Waals surface area contributed by atoms with E-state index in [1.807, 2.05) is 6.20 Å². The van der Waals surface area contributed by atoms with Crippen LogP contribution >= 0.6 is 0 Å². The van der Waals surface area contributed by atoms with Crippen LogP contribution in [-0.2, 0) is 6.42 Å². The largest absolute Gasteiger partial charge is 0.391 e. The molecule has 1 saturated carbocycles. The third kappa shape index (κ3) is 2.43. The molecule has 2 aliphatic carbocycles. The Labute approximate surface area is 115 Å². The number of aromatic nitrogens is 2. The molecular formula is C15H25N3O. The van der Waals surface area contributed by atoms with Crippen molar-refractivity contribution in [2.45, 2.75) is 70.1 Å². The lowest BCUT2D eigenvalue weighted by Gasteiger charge is -2.26. The minimum atomic E-state index is -0.201. The molecule has 2 aliphatic rings. The van der Waals surface area contributed by atoms with Crippen LogP contribution in [0.4, 0.5) is 0 Å². The van der Waals surface area contributed by atoms with Crippen LogP contribution in [0.2, 0.25) is 0 Å². The standard InChI is InChI=1S/C15H25N3O/c1-2-9-16-12-5-3-6-13-11(12)10-17-18(13)14-7-4-8-15(14)19/h10,12,14-16,19H,2-9H2,1H3. The van der Waals surface area contributed by atoms with Crippen LogP contribution in [0.5, 0.6) is 0 Å². The molecule has 0 spiro atoms. The topological polar surface area (TPSA) is 50.1 Å². The predicted molar refractivity (Wildman–Crippen MR) is 75.1 cm³/mol. The molecule has 0 aliphatic heterocycles. The van der Waals surface area contributed by atoms with E-state index in [4.69, 9.17) is 0 Å². The summed E-state index contributed by atoms with van der Waals surface area (Å²) in [5.74, 6) is 0. The first kappa shape index (κ1) is 13.1. The molecule has 3 atom stereocenters. The third-order valence-electron chi connectivity index (χ3n) is 4.61. The summed E-state index contributed by atoms with van der Waals surface area (Å²) in [4.78, 5) is 0. The van der Waals surface area contributed by atoms with Crippen molar-refractivity contribution in [3.05, 3.63) is 17.5 Å². The maximum Gasteiger partial charge on any atom is 0.0781 e. The fourth-order valence-corrected chi connectivity index (χ4v) is 3.60. The van der Waals surface area contributed by atoms with Crippen molar-refractivity contribution >= 4 is 0 Å². The summed E-state index contributed by atoms with van der Waals surface area (Å²) in [5, 5.41) is 18.3. The minimum Gasteiger partial charge on any atom is -0.391 e. The van der Waals surface area contributed by atoms with Crippen LogP contribution in [0, 0.1) is 0 Å². The van der Waals surface area contributed by atoms with Crippen LogP contribution in [0.25, 0.3) is 0 Å². The van der Waals surface area contributed by atoms with Crippen molar-refractivity contribution in [1.29, 1.82) is 0 Å². The smallest absolute Gasteiger partial charge is 0.0781 e. The normalized spacial score (nSPS) is 30.5. The number of hydrogen-bond donors (Lipinski definition) is 2. The van der Waals surface area contributed by atoms with E-state index < -0.39 is 0 Å². The first-order chi connectivity index (χ1) is 9.31. The Hall–Kier alpha value is -0.870. The second kappa shape index (κ2) is 5.63. The average molecular weight is 263 g/mol. The van der Waals surface area contributed by atoms with E-state index in [9.17, 15) is 5.11 Å². The Balaban J connectivity index is 1.83. The fraction of sp³-hybridized carbons (Fsp3) is 0.800. The number of nitrogens with one attached hydrogen (secondary N) is 1. The molecule has 0 saturated heterocycles. The van der Waals surface area contributed by atoms with Gasteiger partial charge in [-0.15, -0.1) is 0 Å². The third-order valence-corrected chi connectivity index (χ3v) is 4.61. The number of fused-ring (bicyclic) bond motifs is 1. The highest BCUT2D eigenvalue weighted by Gasteiger charge is 2.32. The van der Waals surface area contributed by atoms with Gasteiger partial charge in [0.2, 0.25) is 0 Å². The lowest BCUT2D eigenvalue weighted by molar-refractivity contribution is 0.128. The highest BCUT2D eigenvalue weighted by atomic mass is 16.3. The molecule has 3 rings (SSSR count). The van der Waals surface area contributed by atoms with E-state index in [0.717, 1.165) is 32.2 Å². The fourth-order valence-electron chi connectivity index (χ4n) is 3.60. The van der Waals surface area contributed by atoms with Crippen LogP contribution in [-0.4, -0.2) is 27.5 Å². The number of aliphatic hydroxyl groups excluding tert-OH is 1. The maximum absolute atomic E-state index is 10.1. The minimum absolute atomic E-state index is 0.201. The monoisotopic (exact) mass is 263 g/mol. The molecule has 1 heterocycles. The van der Waals surface area contributed by atoms with Crippen molar-refractivity contribution in [3.63, 3.8) is 0 Å². The van der Waals surface area contributed by atoms with Gasteiger partial charge in [-0.05, 0) is 51.5 Å². The molecule has 3 unspecified atom stereocenters. The second-order valence-corrected chi connectivity index (χ2v) is 5.96. The van der Waals surface area contributed by atoms with Crippen molar-refractivity contribution < 1.29 is 5.11 Å². The van der Waals surface area contributed by atoms with E-state index in [1.165, 1.54) is 30.5 Å². The van der Waals surface area contributed by atoms with Crippen LogP contribution < -0.4 is 5.32 Å². The highest BCUT2D eigenvalue weighted by molar-refractivity contribution is 5.25. The van der Waals surface area contributed by atoms with Gasteiger partial charge in [0.25, 0.3) is 0 Å². The first-order valence-corrected chi connectivity index (χ1v) is 7.79. The zero-order valence-corrected chi connectivity index (χ0v) is 11.8. The van der Waals surface area contributed by atoms with E-state index in [0.29, 0.717) is 6.04 Å². The molecule has 4 heteroatoms. The number of aliphatic hydroxyl groups is 1. The number of hydrogen-bond acceptors (Lipinski definition) is 3. The van der Waals surface area contributed by atoms with Gasteiger partial charge in [0, 0.05) is 17.3 Å². The summed E-state index contributed by atoms with van der Waals surface area (Å²) >= 11 is 0. The quantitative estimate of drug-likeness (QED) is 0.876. The molecule has 0 amide bonds. The summed E-state index contributed by atoms with van der Waals surface area (Å²) in [6.45, 7) is 3.27. The van der Waals surface area contributed by atoms with Gasteiger partial charge in [0.05, 0.1) is 18.3 Å². The molecule has 1 aromatic heterocycles. The molecule has 1 aromatic rings. The van der Waals surface area contributed by atoms with Gasteiger partial charge >= 0.3 is 0 Å². The van der Waals surface area contributed by atoms with Crippen molar-refractivity contribution in [2.24, 2.45) is 0 Å². The van der Waals surface area contributed by atoms with Crippen LogP contribution in [0.3, 0.4) is 0 Å². The van der Waals surface area contributed by atoms with Crippen LogP contribution in [0.1, 0.15) is 68.8 Å². The molecule has 0 aromatic carbocycles. The van der Waals surface area contributed by atoms with E-state index in [1.54, 1.807) is 0 Å². The molecule has 19 heavy (non-hydrogen) atoms. The van der Waals surface area contributed by atoms with Gasteiger partial charge in [0.15, 0.2) is 0 Å². The van der Waals surface area contributed by atoms with Crippen molar-refractivity contribution in [2.75, 3.05) is 6.54 Å². The first-order valence-electron chi connectivity index (χ1n) is 7.79. The van der Waals surface area contributed by atoms with Gasteiger partial charge in [-0.1, -0.05) is 6.92 Å². The highest BCUT2D eigenvalue weighted by Crippen LogP contribution is 2.36. The summed E-state index contributed by atoms with van der Waals surface area (Å²) in [7, 11) is 0. The van der Waals surface area contributed by atoms with Gasteiger partial charge in [0.1, 0.15) is 0 Å². The second-order valence-electron chi connectivity index (χ2n) is 5.96. The Morgan fingerprint density at radius 2 is 2.26 bits per heavy atom. The predicted octanol–water partition coefficient (Wildman–Crippen LogP) is 2.35. The Morgan fingerprint density at radius 3 is 3.00 bits per heavy atom. The molecule has 1 fully saturated rings. The van der Waals surface area contributed by atoms with Crippen molar-refractivity contribution in [3.8, 4) is 0 Å². The van der Waals surface area contributed by atoms with Gasteiger partial charge < -0.3 is 10.4 Å². The summed E-state index contributed by atoms with van der Waals surface area (Å²) in [5.41, 5.74) is 2.74. The molecule has 4 nitrogen and oxygen atoms in total. The molecule has 106 valence electrons. The lowest BCUT2D eigenvalue weighted by Crippen LogP contribution is -2.27. The van der Waals surface area contributed by atoms with E-state index >= 15 is 0 Å². The lowest BCUT2D eigenvalue weighted by atomic mass is 9.92. The Kier molecular flexibility index (Phi) is 3.89. The van der Waals surface area contributed by atoms with Gasteiger partial charge in [-0.2, -0.15) is 5.10 Å². The molecule has 0 bridgehead atoms. The van der Waals surface area contributed by atoms with Crippen LogP contribution in [0.15, 0.2) is 6.20 Å².